The van der Waals surface area contributed by atoms with E-state index in [0.29, 0.717) is 15.9 Å². The number of methoxy groups -OCH3 is 1. The number of rotatable bonds is 6. The molecule has 0 saturated carbocycles. The van der Waals surface area contributed by atoms with Crippen molar-refractivity contribution in [3.63, 3.8) is 0 Å². The number of amides is 1. The summed E-state index contributed by atoms with van der Waals surface area (Å²) in [6.45, 7) is 3.59. The Balaban J connectivity index is 1.74. The molecule has 0 aromatic heterocycles. The van der Waals surface area contributed by atoms with Crippen LogP contribution in [0.4, 0.5) is 11.4 Å². The average Bonchev–Trinajstić information content (AvgIpc) is 3.13. The molecule has 1 atom stereocenters. The molecule has 6 nitrogen and oxygen atoms in total. The van der Waals surface area contributed by atoms with Crippen LogP contribution in [0.5, 0.6) is 5.75 Å². The summed E-state index contributed by atoms with van der Waals surface area (Å²) in [6.07, 6.45) is 0.741. The monoisotopic (exact) mass is 528 g/mol. The van der Waals surface area contributed by atoms with E-state index >= 15 is 0 Å². The van der Waals surface area contributed by atoms with Gasteiger partial charge in [-0.25, -0.2) is 8.42 Å². The number of ether oxygens (including phenoxy) is 1. The maximum Gasteiger partial charge on any atom is 0.264 e. The molecular formula is C25H25BrN2O4S. The van der Waals surface area contributed by atoms with E-state index < -0.39 is 10.0 Å². The van der Waals surface area contributed by atoms with Gasteiger partial charge in [0.15, 0.2) is 0 Å². The predicted molar refractivity (Wildman–Crippen MR) is 133 cm³/mol. The number of sulfonamides is 1. The van der Waals surface area contributed by atoms with Crippen LogP contribution in [-0.2, 0) is 21.2 Å². The zero-order valence-electron chi connectivity index (χ0n) is 18.7. The first-order valence-corrected chi connectivity index (χ1v) is 12.8. The Bertz CT molecular complexity index is 1290. The van der Waals surface area contributed by atoms with Crippen LogP contribution < -0.4 is 13.9 Å². The van der Waals surface area contributed by atoms with Crippen LogP contribution in [0, 0.1) is 6.92 Å². The lowest BCUT2D eigenvalue weighted by Gasteiger charge is -2.29. The fourth-order valence-corrected chi connectivity index (χ4v) is 6.24. The topological polar surface area (TPSA) is 66.9 Å². The van der Waals surface area contributed by atoms with Crippen LogP contribution in [0.3, 0.4) is 0 Å². The number of fused-ring (bicyclic) bond motifs is 1. The standard InChI is InChI=1S/C25H25BrN2O4S/c1-17-8-10-20(11-9-17)27(33(30,31)21-12-13-24(32-3)22(26)15-21)16-25(29)28-18(2)14-19-6-4-5-7-23(19)28/h4-13,15,18H,14,16H2,1-3H3/t18-/m0/s1. The van der Waals surface area contributed by atoms with E-state index in [4.69, 9.17) is 4.74 Å². The molecule has 0 unspecified atom stereocenters. The highest BCUT2D eigenvalue weighted by atomic mass is 79.9. The Morgan fingerprint density at radius 1 is 1.12 bits per heavy atom. The molecule has 1 aliphatic rings. The number of nitrogens with zero attached hydrogens (tertiary/aromatic N) is 2. The van der Waals surface area contributed by atoms with Gasteiger partial charge in [-0.2, -0.15) is 0 Å². The number of benzene rings is 3. The number of carbonyl (C=O) groups is 1. The number of aryl methyl sites for hydroxylation is 1. The third-order valence-electron chi connectivity index (χ3n) is 5.79. The van der Waals surface area contributed by atoms with Crippen LogP contribution in [0.2, 0.25) is 0 Å². The van der Waals surface area contributed by atoms with Crippen molar-refractivity contribution in [2.24, 2.45) is 0 Å². The van der Waals surface area contributed by atoms with E-state index in [1.54, 1.807) is 23.1 Å². The van der Waals surface area contributed by atoms with Gasteiger partial charge >= 0.3 is 0 Å². The van der Waals surface area contributed by atoms with Gasteiger partial charge in [-0.1, -0.05) is 35.9 Å². The fourth-order valence-electron chi connectivity index (χ4n) is 4.11. The molecule has 3 aromatic carbocycles. The van der Waals surface area contributed by atoms with Gasteiger partial charge in [-0.05, 0) is 78.2 Å². The second-order valence-electron chi connectivity index (χ2n) is 8.09. The molecule has 1 aliphatic heterocycles. The first kappa shape index (κ1) is 23.3. The van der Waals surface area contributed by atoms with E-state index in [2.05, 4.69) is 15.9 Å². The second-order valence-corrected chi connectivity index (χ2v) is 10.8. The van der Waals surface area contributed by atoms with Crippen molar-refractivity contribution in [2.75, 3.05) is 22.9 Å². The minimum Gasteiger partial charge on any atom is -0.496 e. The van der Waals surface area contributed by atoms with Gasteiger partial charge < -0.3 is 9.64 Å². The summed E-state index contributed by atoms with van der Waals surface area (Å²) in [7, 11) is -2.52. The highest BCUT2D eigenvalue weighted by Crippen LogP contribution is 2.34. The van der Waals surface area contributed by atoms with Crippen molar-refractivity contribution < 1.29 is 17.9 Å². The third-order valence-corrected chi connectivity index (χ3v) is 8.18. The molecule has 8 heteroatoms. The van der Waals surface area contributed by atoms with Gasteiger partial charge in [-0.3, -0.25) is 9.10 Å². The van der Waals surface area contributed by atoms with Crippen LogP contribution in [0.1, 0.15) is 18.1 Å². The number of halogens is 1. The first-order chi connectivity index (χ1) is 15.7. The van der Waals surface area contributed by atoms with Crippen molar-refractivity contribution in [3.05, 3.63) is 82.3 Å². The predicted octanol–water partition coefficient (Wildman–Crippen LogP) is 4.94. The van der Waals surface area contributed by atoms with Crippen LogP contribution in [-0.4, -0.2) is 34.0 Å². The zero-order chi connectivity index (χ0) is 23.8. The highest BCUT2D eigenvalue weighted by molar-refractivity contribution is 9.10. The SMILES string of the molecule is COc1ccc(S(=O)(=O)N(CC(=O)N2c3ccccc3C[C@@H]2C)c2ccc(C)cc2)cc1Br. The van der Waals surface area contributed by atoms with Crippen molar-refractivity contribution in [1.29, 1.82) is 0 Å². The van der Waals surface area contributed by atoms with Gasteiger partial charge in [-0.15, -0.1) is 0 Å². The summed E-state index contributed by atoms with van der Waals surface area (Å²) in [4.78, 5) is 15.3. The molecule has 0 aliphatic carbocycles. The van der Waals surface area contributed by atoms with Gasteiger partial charge in [0.1, 0.15) is 12.3 Å². The summed E-state index contributed by atoms with van der Waals surface area (Å²) in [5, 5.41) is 0. The number of carbonyl (C=O) groups excluding carboxylic acids is 1. The Kier molecular flexibility index (Phi) is 6.50. The summed E-state index contributed by atoms with van der Waals surface area (Å²) in [6, 6.07) is 19.4. The average molecular weight is 529 g/mol. The number of para-hydroxylation sites is 1. The first-order valence-electron chi connectivity index (χ1n) is 10.6. The van der Waals surface area contributed by atoms with Gasteiger partial charge in [0, 0.05) is 11.7 Å². The number of hydrogen-bond donors (Lipinski definition) is 0. The number of hydrogen-bond acceptors (Lipinski definition) is 4. The Morgan fingerprint density at radius 2 is 1.82 bits per heavy atom. The molecule has 4 rings (SSSR count). The third kappa shape index (κ3) is 4.50. The fraction of sp³-hybridized carbons (Fsp3) is 0.240. The Labute approximate surface area is 203 Å². The van der Waals surface area contributed by atoms with E-state index in [1.807, 2.05) is 50.2 Å². The summed E-state index contributed by atoms with van der Waals surface area (Å²) in [5.41, 5.74) is 3.35. The van der Waals surface area contributed by atoms with Crippen molar-refractivity contribution in [2.45, 2.75) is 31.2 Å². The minimum absolute atomic E-state index is 0.0485. The quantitative estimate of drug-likeness (QED) is 0.454. The minimum atomic E-state index is -4.03. The van der Waals surface area contributed by atoms with Crippen LogP contribution >= 0.6 is 15.9 Å². The van der Waals surface area contributed by atoms with E-state index in [9.17, 15) is 13.2 Å². The van der Waals surface area contributed by atoms with Gasteiger partial charge in [0.25, 0.3) is 10.0 Å². The number of anilines is 2. The van der Waals surface area contributed by atoms with Crippen LogP contribution in [0.15, 0.2) is 76.1 Å². The molecule has 0 saturated heterocycles. The van der Waals surface area contributed by atoms with Gasteiger partial charge in [0.2, 0.25) is 5.91 Å². The molecule has 1 amide bonds. The summed E-state index contributed by atoms with van der Waals surface area (Å²) >= 11 is 3.36. The van der Waals surface area contributed by atoms with E-state index in [-0.39, 0.29) is 23.4 Å². The highest BCUT2D eigenvalue weighted by Gasteiger charge is 2.34. The molecule has 0 bridgehead atoms. The maximum atomic E-state index is 13.7. The van der Waals surface area contributed by atoms with Crippen molar-refractivity contribution >= 4 is 43.2 Å². The lowest BCUT2D eigenvalue weighted by atomic mass is 10.1. The molecule has 0 spiro atoms. The summed E-state index contributed by atoms with van der Waals surface area (Å²) < 4.78 is 34.4. The summed E-state index contributed by atoms with van der Waals surface area (Å²) in [5.74, 6) is 0.249. The molecule has 0 N–H and O–H groups in total. The smallest absolute Gasteiger partial charge is 0.264 e. The molecule has 3 aromatic rings. The Morgan fingerprint density at radius 3 is 2.48 bits per heavy atom. The normalized spacial score (nSPS) is 15.3. The lowest BCUT2D eigenvalue weighted by Crippen LogP contribution is -2.45. The molecule has 172 valence electrons. The van der Waals surface area contributed by atoms with Gasteiger partial charge in [0.05, 0.1) is 22.2 Å². The molecular weight excluding hydrogens is 504 g/mol. The second kappa shape index (κ2) is 9.19. The van der Waals surface area contributed by atoms with Crippen molar-refractivity contribution in [1.82, 2.24) is 0 Å². The Hall–Kier alpha value is -2.84. The largest absolute Gasteiger partial charge is 0.496 e. The zero-order valence-corrected chi connectivity index (χ0v) is 21.1. The molecule has 0 radical (unpaired) electrons. The van der Waals surface area contributed by atoms with Crippen LogP contribution in [0.25, 0.3) is 0 Å². The lowest BCUT2D eigenvalue weighted by molar-refractivity contribution is -0.117. The molecule has 1 heterocycles. The van der Waals surface area contributed by atoms with E-state index in [0.717, 1.165) is 23.2 Å². The molecule has 33 heavy (non-hydrogen) atoms. The van der Waals surface area contributed by atoms with E-state index in [1.165, 1.54) is 23.5 Å². The maximum absolute atomic E-state index is 13.7. The van der Waals surface area contributed by atoms with Crippen molar-refractivity contribution in [3.8, 4) is 5.75 Å². The molecule has 0 fully saturated rings.